The summed E-state index contributed by atoms with van der Waals surface area (Å²) in [6.45, 7) is 7.33. The summed E-state index contributed by atoms with van der Waals surface area (Å²) in [5, 5.41) is 0. The van der Waals surface area contributed by atoms with Gasteiger partial charge in [-0.1, -0.05) is 0 Å². The van der Waals surface area contributed by atoms with Gasteiger partial charge in [0.25, 0.3) is 0 Å². The van der Waals surface area contributed by atoms with Gasteiger partial charge in [-0.15, -0.1) is 0 Å². The van der Waals surface area contributed by atoms with Crippen LogP contribution in [-0.2, 0) is 16.0 Å². The Balaban J connectivity index is 1.62. The van der Waals surface area contributed by atoms with Crippen molar-refractivity contribution in [3.8, 4) is 0 Å². The SMILES string of the molecule is CN(CCc1nc2ccc(F)cc2[nH]1)C(=O)C(C)(C)N1CCOCC1. The number of amides is 1. The van der Waals surface area contributed by atoms with Crippen LogP contribution in [0, 0.1) is 5.82 Å². The van der Waals surface area contributed by atoms with E-state index in [-0.39, 0.29) is 11.7 Å². The second-order valence-electron chi connectivity index (χ2n) is 6.98. The maximum Gasteiger partial charge on any atom is 0.242 e. The number of morpholine rings is 1. The third kappa shape index (κ3) is 3.82. The standard InChI is InChI=1S/C18H25FN4O2/c1-18(2,23-8-10-25-11-9-23)17(24)22(3)7-6-16-20-14-5-4-13(19)12-15(14)21-16/h4-5,12H,6-11H2,1-3H3,(H,20,21). The van der Waals surface area contributed by atoms with Crippen molar-refractivity contribution in [2.24, 2.45) is 0 Å². The average molecular weight is 348 g/mol. The molecule has 1 fully saturated rings. The summed E-state index contributed by atoms with van der Waals surface area (Å²) in [7, 11) is 1.81. The second kappa shape index (κ2) is 7.09. The van der Waals surface area contributed by atoms with Crippen molar-refractivity contribution < 1.29 is 13.9 Å². The minimum absolute atomic E-state index is 0.0801. The number of aromatic amines is 1. The fourth-order valence-corrected chi connectivity index (χ4v) is 3.25. The maximum atomic E-state index is 13.3. The number of carbonyl (C=O) groups excluding carboxylic acids is 1. The van der Waals surface area contributed by atoms with Gasteiger partial charge in [0.15, 0.2) is 0 Å². The van der Waals surface area contributed by atoms with Crippen molar-refractivity contribution in [2.45, 2.75) is 25.8 Å². The molecule has 2 aromatic rings. The number of fused-ring (bicyclic) bond motifs is 1. The smallest absolute Gasteiger partial charge is 0.242 e. The molecular weight excluding hydrogens is 323 g/mol. The summed E-state index contributed by atoms with van der Waals surface area (Å²) < 4.78 is 18.6. The van der Waals surface area contributed by atoms with Gasteiger partial charge in [-0.2, -0.15) is 0 Å². The molecule has 1 aliphatic heterocycles. The minimum Gasteiger partial charge on any atom is -0.379 e. The van der Waals surface area contributed by atoms with Crippen LogP contribution in [0.3, 0.4) is 0 Å². The fraction of sp³-hybridized carbons (Fsp3) is 0.556. The number of rotatable bonds is 5. The first-order chi connectivity index (χ1) is 11.9. The van der Waals surface area contributed by atoms with Crippen molar-refractivity contribution in [3.05, 3.63) is 29.8 Å². The topological polar surface area (TPSA) is 61.5 Å². The van der Waals surface area contributed by atoms with E-state index in [4.69, 9.17) is 4.74 Å². The highest BCUT2D eigenvalue weighted by molar-refractivity contribution is 5.85. The number of aromatic nitrogens is 2. The molecule has 25 heavy (non-hydrogen) atoms. The summed E-state index contributed by atoms with van der Waals surface area (Å²) in [5.41, 5.74) is 0.854. The van der Waals surface area contributed by atoms with Crippen molar-refractivity contribution >= 4 is 16.9 Å². The van der Waals surface area contributed by atoms with Crippen molar-refractivity contribution in [1.82, 2.24) is 19.8 Å². The lowest BCUT2D eigenvalue weighted by Gasteiger charge is -2.41. The summed E-state index contributed by atoms with van der Waals surface area (Å²) in [4.78, 5) is 24.3. The van der Waals surface area contributed by atoms with Crippen LogP contribution in [0.15, 0.2) is 18.2 Å². The molecule has 1 amide bonds. The first-order valence-corrected chi connectivity index (χ1v) is 8.60. The molecule has 136 valence electrons. The number of benzene rings is 1. The Labute approximate surface area is 147 Å². The van der Waals surface area contributed by atoms with Gasteiger partial charge in [0.2, 0.25) is 5.91 Å². The first-order valence-electron chi connectivity index (χ1n) is 8.60. The average Bonchev–Trinajstić information content (AvgIpc) is 3.01. The molecule has 1 saturated heterocycles. The second-order valence-corrected chi connectivity index (χ2v) is 6.98. The zero-order valence-electron chi connectivity index (χ0n) is 15.0. The summed E-state index contributed by atoms with van der Waals surface area (Å²) in [6.07, 6.45) is 0.595. The molecule has 7 heteroatoms. The van der Waals surface area contributed by atoms with E-state index in [1.165, 1.54) is 12.1 Å². The number of imidazole rings is 1. The van der Waals surface area contributed by atoms with E-state index >= 15 is 0 Å². The van der Waals surface area contributed by atoms with Gasteiger partial charge in [-0.05, 0) is 32.0 Å². The number of ether oxygens (including phenoxy) is 1. The van der Waals surface area contributed by atoms with Crippen LogP contribution in [0.4, 0.5) is 4.39 Å². The van der Waals surface area contributed by atoms with E-state index in [0.717, 1.165) is 24.4 Å². The molecule has 1 aromatic carbocycles. The predicted molar refractivity (Wildman–Crippen MR) is 93.9 cm³/mol. The summed E-state index contributed by atoms with van der Waals surface area (Å²) in [6, 6.07) is 4.48. The number of hydrogen-bond donors (Lipinski definition) is 1. The quantitative estimate of drug-likeness (QED) is 0.895. The molecule has 1 N–H and O–H groups in total. The molecule has 1 aromatic heterocycles. The Hall–Kier alpha value is -1.99. The fourth-order valence-electron chi connectivity index (χ4n) is 3.25. The van der Waals surface area contributed by atoms with Gasteiger partial charge in [0, 0.05) is 33.1 Å². The molecule has 0 atom stereocenters. The minimum atomic E-state index is -0.560. The number of H-pyrrole nitrogens is 1. The summed E-state index contributed by atoms with van der Waals surface area (Å²) >= 11 is 0. The van der Waals surface area contributed by atoms with Crippen LogP contribution in [0.2, 0.25) is 0 Å². The van der Waals surface area contributed by atoms with Crippen molar-refractivity contribution in [3.63, 3.8) is 0 Å². The Morgan fingerprint density at radius 3 is 2.84 bits per heavy atom. The number of halogens is 1. The molecule has 0 aliphatic carbocycles. The van der Waals surface area contributed by atoms with Gasteiger partial charge in [0.1, 0.15) is 11.6 Å². The molecule has 0 spiro atoms. The van der Waals surface area contributed by atoms with Crippen LogP contribution in [0.5, 0.6) is 0 Å². The third-order valence-corrected chi connectivity index (χ3v) is 4.85. The molecular formula is C18H25FN4O2. The van der Waals surface area contributed by atoms with E-state index in [9.17, 15) is 9.18 Å². The zero-order valence-corrected chi connectivity index (χ0v) is 15.0. The Morgan fingerprint density at radius 1 is 1.40 bits per heavy atom. The molecule has 6 nitrogen and oxygen atoms in total. The number of nitrogens with zero attached hydrogens (tertiary/aromatic N) is 3. The Kier molecular flexibility index (Phi) is 5.06. The maximum absolute atomic E-state index is 13.3. The highest BCUT2D eigenvalue weighted by atomic mass is 19.1. The Morgan fingerprint density at radius 2 is 2.12 bits per heavy atom. The first kappa shape index (κ1) is 17.8. The number of hydrogen-bond acceptors (Lipinski definition) is 4. The highest BCUT2D eigenvalue weighted by Crippen LogP contribution is 2.19. The van der Waals surface area contributed by atoms with Gasteiger partial charge < -0.3 is 14.6 Å². The van der Waals surface area contributed by atoms with Gasteiger partial charge in [0.05, 0.1) is 29.8 Å². The number of carbonyl (C=O) groups is 1. The normalized spacial score (nSPS) is 16.3. The van der Waals surface area contributed by atoms with E-state index in [2.05, 4.69) is 14.9 Å². The summed E-state index contributed by atoms with van der Waals surface area (Å²) in [5.74, 6) is 0.545. The van der Waals surface area contributed by atoms with Crippen molar-refractivity contribution in [1.29, 1.82) is 0 Å². The predicted octanol–water partition coefficient (Wildman–Crippen LogP) is 1.81. The van der Waals surface area contributed by atoms with E-state index in [1.807, 2.05) is 20.9 Å². The van der Waals surface area contributed by atoms with Crippen molar-refractivity contribution in [2.75, 3.05) is 39.9 Å². The van der Waals surface area contributed by atoms with Gasteiger partial charge >= 0.3 is 0 Å². The molecule has 0 saturated carbocycles. The molecule has 0 radical (unpaired) electrons. The lowest BCUT2D eigenvalue weighted by Crippen LogP contribution is -2.58. The lowest BCUT2D eigenvalue weighted by atomic mass is 10.00. The monoisotopic (exact) mass is 348 g/mol. The van der Waals surface area contributed by atoms with Gasteiger partial charge in [-0.3, -0.25) is 9.69 Å². The van der Waals surface area contributed by atoms with E-state index in [1.54, 1.807) is 11.0 Å². The molecule has 0 unspecified atom stereocenters. The number of likely N-dealkylation sites (N-methyl/N-ethyl adjacent to an activating group) is 1. The molecule has 1 aliphatic rings. The zero-order chi connectivity index (χ0) is 18.0. The van der Waals surface area contributed by atoms with Crippen LogP contribution in [0.25, 0.3) is 11.0 Å². The third-order valence-electron chi connectivity index (χ3n) is 4.85. The van der Waals surface area contributed by atoms with Crippen LogP contribution in [-0.4, -0.2) is 71.1 Å². The largest absolute Gasteiger partial charge is 0.379 e. The van der Waals surface area contributed by atoms with E-state index < -0.39 is 5.54 Å². The van der Waals surface area contributed by atoms with Crippen LogP contribution >= 0.6 is 0 Å². The lowest BCUT2D eigenvalue weighted by molar-refractivity contribution is -0.144. The van der Waals surface area contributed by atoms with Crippen LogP contribution < -0.4 is 0 Å². The number of nitrogens with one attached hydrogen (secondary N) is 1. The molecule has 0 bridgehead atoms. The van der Waals surface area contributed by atoms with E-state index in [0.29, 0.717) is 31.7 Å². The van der Waals surface area contributed by atoms with Crippen LogP contribution in [0.1, 0.15) is 19.7 Å². The Bertz CT molecular complexity index is 753. The highest BCUT2D eigenvalue weighted by Gasteiger charge is 2.37. The molecule has 3 rings (SSSR count). The molecule has 2 heterocycles. The van der Waals surface area contributed by atoms with Gasteiger partial charge in [-0.25, -0.2) is 9.37 Å².